The fourth-order valence-electron chi connectivity index (χ4n) is 3.68. The molecule has 1 aliphatic carbocycles. The summed E-state index contributed by atoms with van der Waals surface area (Å²) in [5, 5.41) is 8.81. The smallest absolute Gasteiger partial charge is 0.303 e. The van der Waals surface area contributed by atoms with Crippen LogP contribution in [0.15, 0.2) is 42.5 Å². The molecule has 0 aromatic heterocycles. The van der Waals surface area contributed by atoms with E-state index >= 15 is 0 Å². The van der Waals surface area contributed by atoms with Gasteiger partial charge in [-0.05, 0) is 74.3 Å². The number of hydrogen-bond acceptors (Lipinski definition) is 2. The molecule has 0 spiro atoms. The first-order chi connectivity index (χ1) is 12.4. The van der Waals surface area contributed by atoms with E-state index in [9.17, 15) is 9.18 Å². The van der Waals surface area contributed by atoms with Gasteiger partial charge in [-0.15, -0.1) is 0 Å². The Labute approximate surface area is 153 Å². The van der Waals surface area contributed by atoms with E-state index in [1.54, 1.807) is 12.1 Å². The van der Waals surface area contributed by atoms with Gasteiger partial charge in [0.05, 0.1) is 6.10 Å². The first kappa shape index (κ1) is 18.4. The lowest BCUT2D eigenvalue weighted by atomic mass is 9.71. The van der Waals surface area contributed by atoms with Crippen molar-refractivity contribution < 1.29 is 19.0 Å². The summed E-state index contributed by atoms with van der Waals surface area (Å²) in [6.07, 6.45) is 3.25. The van der Waals surface area contributed by atoms with Crippen LogP contribution in [0.5, 0.6) is 5.75 Å². The van der Waals surface area contributed by atoms with Gasteiger partial charge in [0.1, 0.15) is 11.6 Å². The highest BCUT2D eigenvalue weighted by atomic mass is 19.1. The molecule has 1 N–H and O–H groups in total. The molecule has 2 aromatic carbocycles. The zero-order valence-corrected chi connectivity index (χ0v) is 15.2. The van der Waals surface area contributed by atoms with Crippen molar-refractivity contribution in [1.82, 2.24) is 0 Å². The third-order valence-electron chi connectivity index (χ3n) is 4.90. The number of aliphatic carboxylic acids is 1. The standard InChI is InChI=1S/C22H25FO3/c1-14(2)26-19-7-8-21(23)20(13-19)18-5-3-15(4-6-18)9-16-10-17(11-16)12-22(24)25/h3-8,13-14,16-17H,9-12H2,1-2H3,(H,24,25)/t16-,17-. The lowest BCUT2D eigenvalue weighted by Gasteiger charge is -2.34. The van der Waals surface area contributed by atoms with Gasteiger partial charge in [-0.25, -0.2) is 4.39 Å². The summed E-state index contributed by atoms with van der Waals surface area (Å²) in [6, 6.07) is 12.8. The number of hydrogen-bond donors (Lipinski definition) is 1. The number of benzene rings is 2. The van der Waals surface area contributed by atoms with Gasteiger partial charge in [0.25, 0.3) is 0 Å². The monoisotopic (exact) mass is 356 g/mol. The fourth-order valence-corrected chi connectivity index (χ4v) is 3.68. The highest BCUT2D eigenvalue weighted by molar-refractivity contribution is 5.67. The zero-order valence-electron chi connectivity index (χ0n) is 15.2. The SMILES string of the molecule is CC(C)Oc1ccc(F)c(-c2ccc(C[C@H]3C[C@H](CC(=O)O)C3)cc2)c1. The van der Waals surface area contributed by atoms with Crippen molar-refractivity contribution in [2.45, 2.75) is 45.6 Å². The Morgan fingerprint density at radius 2 is 1.85 bits per heavy atom. The Kier molecular flexibility index (Phi) is 5.60. The van der Waals surface area contributed by atoms with Crippen molar-refractivity contribution >= 4 is 5.97 Å². The van der Waals surface area contributed by atoms with Gasteiger partial charge in [-0.3, -0.25) is 4.79 Å². The molecule has 0 radical (unpaired) electrons. The molecule has 3 nitrogen and oxygen atoms in total. The number of rotatable bonds is 7. The van der Waals surface area contributed by atoms with Crippen molar-refractivity contribution in [3.8, 4) is 16.9 Å². The second kappa shape index (κ2) is 7.90. The number of carbonyl (C=O) groups is 1. The summed E-state index contributed by atoms with van der Waals surface area (Å²) >= 11 is 0. The Bertz CT molecular complexity index is 761. The van der Waals surface area contributed by atoms with E-state index in [0.29, 0.717) is 23.1 Å². The molecule has 138 valence electrons. The van der Waals surface area contributed by atoms with Crippen LogP contribution in [-0.4, -0.2) is 17.2 Å². The minimum atomic E-state index is -0.705. The quantitative estimate of drug-likeness (QED) is 0.730. The molecular weight excluding hydrogens is 331 g/mol. The maximum absolute atomic E-state index is 14.2. The van der Waals surface area contributed by atoms with Crippen LogP contribution in [0.3, 0.4) is 0 Å². The van der Waals surface area contributed by atoms with Gasteiger partial charge in [0, 0.05) is 12.0 Å². The molecule has 0 aliphatic heterocycles. The van der Waals surface area contributed by atoms with E-state index in [2.05, 4.69) is 0 Å². The van der Waals surface area contributed by atoms with Crippen LogP contribution in [0.25, 0.3) is 11.1 Å². The van der Waals surface area contributed by atoms with Crippen LogP contribution >= 0.6 is 0 Å². The Hall–Kier alpha value is -2.36. The highest BCUT2D eigenvalue weighted by Crippen LogP contribution is 2.38. The van der Waals surface area contributed by atoms with Crippen molar-refractivity contribution in [3.05, 3.63) is 53.8 Å². The van der Waals surface area contributed by atoms with Crippen molar-refractivity contribution in [1.29, 1.82) is 0 Å². The van der Waals surface area contributed by atoms with Crippen LogP contribution in [0.4, 0.5) is 4.39 Å². The summed E-state index contributed by atoms with van der Waals surface area (Å²) in [5.41, 5.74) is 2.58. The summed E-state index contributed by atoms with van der Waals surface area (Å²) in [6.45, 7) is 3.89. The number of carboxylic acid groups (broad SMARTS) is 1. The Morgan fingerprint density at radius 3 is 2.46 bits per heavy atom. The molecule has 0 saturated heterocycles. The topological polar surface area (TPSA) is 46.5 Å². The molecule has 0 amide bonds. The minimum absolute atomic E-state index is 0.0446. The average Bonchev–Trinajstić information content (AvgIpc) is 2.54. The average molecular weight is 356 g/mol. The number of carboxylic acids is 1. The zero-order chi connectivity index (χ0) is 18.7. The van der Waals surface area contributed by atoms with Crippen molar-refractivity contribution in [3.63, 3.8) is 0 Å². The lowest BCUT2D eigenvalue weighted by Crippen LogP contribution is -2.27. The molecule has 3 rings (SSSR count). The van der Waals surface area contributed by atoms with E-state index in [1.807, 2.05) is 38.1 Å². The van der Waals surface area contributed by atoms with Gasteiger partial charge in [0.2, 0.25) is 0 Å². The Morgan fingerprint density at radius 1 is 1.15 bits per heavy atom. The molecule has 0 unspecified atom stereocenters. The van der Waals surface area contributed by atoms with Crippen LogP contribution in [-0.2, 0) is 11.2 Å². The molecule has 1 fully saturated rings. The fraction of sp³-hybridized carbons (Fsp3) is 0.409. The molecule has 1 aliphatic rings. The van der Waals surface area contributed by atoms with Gasteiger partial charge >= 0.3 is 5.97 Å². The Balaban J connectivity index is 1.64. The van der Waals surface area contributed by atoms with Crippen LogP contribution in [0.1, 0.15) is 38.7 Å². The van der Waals surface area contributed by atoms with Gasteiger partial charge in [0.15, 0.2) is 0 Å². The van der Waals surface area contributed by atoms with Crippen molar-refractivity contribution in [2.24, 2.45) is 11.8 Å². The number of halogens is 1. The van der Waals surface area contributed by atoms with Crippen molar-refractivity contribution in [2.75, 3.05) is 0 Å². The summed E-state index contributed by atoms with van der Waals surface area (Å²) < 4.78 is 19.9. The first-order valence-corrected chi connectivity index (χ1v) is 9.18. The van der Waals surface area contributed by atoms with Crippen LogP contribution in [0.2, 0.25) is 0 Å². The number of ether oxygens (including phenoxy) is 1. The predicted molar refractivity (Wildman–Crippen MR) is 99.8 cm³/mol. The van der Waals surface area contributed by atoms with E-state index in [1.165, 1.54) is 11.6 Å². The molecule has 26 heavy (non-hydrogen) atoms. The molecule has 0 bridgehead atoms. The van der Waals surface area contributed by atoms with Gasteiger partial charge < -0.3 is 9.84 Å². The van der Waals surface area contributed by atoms with E-state index in [4.69, 9.17) is 9.84 Å². The van der Waals surface area contributed by atoms with E-state index < -0.39 is 5.97 Å². The molecular formula is C22H25FO3. The molecule has 0 heterocycles. The molecule has 2 aromatic rings. The van der Waals surface area contributed by atoms with E-state index in [0.717, 1.165) is 24.8 Å². The maximum atomic E-state index is 14.2. The normalized spacial score (nSPS) is 19.2. The molecule has 1 saturated carbocycles. The second-order valence-electron chi connectivity index (χ2n) is 7.51. The summed E-state index contributed by atoms with van der Waals surface area (Å²) in [5.74, 6) is 0.589. The van der Waals surface area contributed by atoms with Crippen LogP contribution in [0, 0.1) is 17.7 Å². The lowest BCUT2D eigenvalue weighted by molar-refractivity contribution is -0.139. The summed E-state index contributed by atoms with van der Waals surface area (Å²) in [4.78, 5) is 10.7. The van der Waals surface area contributed by atoms with Gasteiger partial charge in [-0.2, -0.15) is 0 Å². The highest BCUT2D eigenvalue weighted by Gasteiger charge is 2.30. The second-order valence-corrected chi connectivity index (χ2v) is 7.51. The molecule has 4 heteroatoms. The first-order valence-electron chi connectivity index (χ1n) is 9.18. The third-order valence-corrected chi connectivity index (χ3v) is 4.90. The summed E-state index contributed by atoms with van der Waals surface area (Å²) in [7, 11) is 0. The predicted octanol–water partition coefficient (Wildman–Crippen LogP) is 5.32. The maximum Gasteiger partial charge on any atom is 0.303 e. The van der Waals surface area contributed by atoms with Gasteiger partial charge in [-0.1, -0.05) is 24.3 Å². The van der Waals surface area contributed by atoms with E-state index in [-0.39, 0.29) is 18.3 Å². The van der Waals surface area contributed by atoms with Crippen LogP contribution < -0.4 is 4.74 Å². The largest absolute Gasteiger partial charge is 0.491 e. The third kappa shape index (κ3) is 4.63. The minimum Gasteiger partial charge on any atom is -0.491 e. The molecule has 0 atom stereocenters.